The van der Waals surface area contributed by atoms with Gasteiger partial charge in [0.25, 0.3) is 0 Å². The van der Waals surface area contributed by atoms with Gasteiger partial charge in [-0.05, 0) is 43.4 Å². The van der Waals surface area contributed by atoms with E-state index in [2.05, 4.69) is 48.5 Å². The lowest BCUT2D eigenvalue weighted by atomic mass is 9.99. The van der Waals surface area contributed by atoms with Gasteiger partial charge in [0.1, 0.15) is 19.3 Å². The van der Waals surface area contributed by atoms with Crippen molar-refractivity contribution in [2.24, 2.45) is 17.8 Å². The third kappa shape index (κ3) is 69.2. The van der Waals surface area contributed by atoms with Crippen LogP contribution < -0.4 is 0 Å². The Hall–Kier alpha value is -1.94. The molecule has 19 heteroatoms. The molecule has 0 aromatic rings. The van der Waals surface area contributed by atoms with Crippen molar-refractivity contribution in [3.63, 3.8) is 0 Å². The van der Waals surface area contributed by atoms with E-state index >= 15 is 0 Å². The largest absolute Gasteiger partial charge is 0.472 e. The highest BCUT2D eigenvalue weighted by Gasteiger charge is 2.30. The number of carbonyl (C=O) groups excluding carboxylic acids is 4. The molecule has 0 heterocycles. The summed E-state index contributed by atoms with van der Waals surface area (Å²) >= 11 is 0. The van der Waals surface area contributed by atoms with E-state index in [-0.39, 0.29) is 25.7 Å². The molecule has 3 unspecified atom stereocenters. The molecule has 0 aliphatic rings. The highest BCUT2D eigenvalue weighted by Crippen LogP contribution is 2.45. The summed E-state index contributed by atoms with van der Waals surface area (Å²) in [6, 6.07) is 0. The van der Waals surface area contributed by atoms with Crippen LogP contribution in [0.2, 0.25) is 0 Å². The minimum absolute atomic E-state index is 0.106. The number of hydrogen-bond donors (Lipinski definition) is 3. The minimum atomic E-state index is -4.96. The lowest BCUT2D eigenvalue weighted by molar-refractivity contribution is -0.161. The third-order valence-corrected chi connectivity index (χ3v) is 20.1. The van der Waals surface area contributed by atoms with E-state index in [1.54, 1.807) is 0 Å². The van der Waals surface area contributed by atoms with Crippen molar-refractivity contribution < 1.29 is 80.2 Å². The van der Waals surface area contributed by atoms with Gasteiger partial charge in [-0.25, -0.2) is 9.13 Å². The Bertz CT molecular complexity index is 1870. The van der Waals surface area contributed by atoms with Crippen LogP contribution >= 0.6 is 15.6 Å². The predicted molar refractivity (Wildman–Crippen MR) is 391 cm³/mol. The number of unbranched alkanes of at least 4 members (excludes halogenated alkanes) is 42. The van der Waals surface area contributed by atoms with E-state index < -0.39 is 97.5 Å². The third-order valence-electron chi connectivity index (χ3n) is 18.2. The van der Waals surface area contributed by atoms with Gasteiger partial charge < -0.3 is 33.8 Å². The first-order valence-corrected chi connectivity index (χ1v) is 42.9. The summed E-state index contributed by atoms with van der Waals surface area (Å²) in [5, 5.41) is 10.6. The maximum atomic E-state index is 13.1. The average molecular weight is 1410 g/mol. The van der Waals surface area contributed by atoms with Gasteiger partial charge in [0.15, 0.2) is 12.2 Å². The normalized spacial score (nSPS) is 14.3. The van der Waals surface area contributed by atoms with E-state index in [1.165, 1.54) is 205 Å². The molecular weight excluding hydrogens is 1260 g/mol. The van der Waals surface area contributed by atoms with Gasteiger partial charge >= 0.3 is 39.5 Å². The van der Waals surface area contributed by atoms with Gasteiger partial charge in [-0.1, -0.05) is 344 Å². The van der Waals surface area contributed by atoms with Crippen LogP contribution in [0.5, 0.6) is 0 Å². The maximum Gasteiger partial charge on any atom is 0.472 e. The van der Waals surface area contributed by atoms with Gasteiger partial charge in [-0.3, -0.25) is 37.3 Å². The van der Waals surface area contributed by atoms with Gasteiger partial charge in [-0.2, -0.15) is 0 Å². The SMILES string of the molecule is CCCCCCCCCCCCCCC(=O)OC[C@H](COP(=O)(O)OC[C@H](O)COP(=O)(O)OC[C@@H](COC(=O)CCCCCCCCCCCCC(C)CC)OC(=O)CCCCCCCCCCCCCCCCC(C)C)OC(=O)CCCCCCCCCCCCC(C)C. The Labute approximate surface area is 588 Å². The molecule has 0 spiro atoms. The van der Waals surface area contributed by atoms with E-state index in [1.807, 2.05) is 0 Å². The smallest absolute Gasteiger partial charge is 0.462 e. The molecule has 6 atom stereocenters. The standard InChI is InChI=1S/C77H150O17P2/c1-8-10-11-12-13-14-15-21-30-37-44-51-58-74(79)87-64-73(94-77(82)61-54-47-40-33-25-23-28-35-42-49-56-69(5)6)67-92-96(85,86)90-63-71(78)62-89-95(83,84)91-66-72(65-88-75(80)59-52-45-38-31-26-24-29-36-43-50-57-70(7)9-2)93-76(81)60-53-46-39-32-22-19-17-16-18-20-27-34-41-48-55-68(3)4/h68-73,78H,8-67H2,1-7H3,(H,83,84)(H,85,86)/t70?,71-,72-,73-/m1/s1. The van der Waals surface area contributed by atoms with Crippen molar-refractivity contribution in [2.45, 2.75) is 414 Å². The quantitative estimate of drug-likeness (QED) is 0.0222. The number of rotatable bonds is 75. The zero-order valence-electron chi connectivity index (χ0n) is 62.8. The second-order valence-corrected chi connectivity index (χ2v) is 31.8. The first-order chi connectivity index (χ1) is 46.3. The van der Waals surface area contributed by atoms with Crippen LogP contribution in [0.15, 0.2) is 0 Å². The number of aliphatic hydroxyl groups excluding tert-OH is 1. The molecule has 0 radical (unpaired) electrons. The number of carbonyl (C=O) groups is 4. The van der Waals surface area contributed by atoms with Crippen molar-refractivity contribution in [2.75, 3.05) is 39.6 Å². The fourth-order valence-corrected chi connectivity index (χ4v) is 13.3. The number of esters is 4. The fraction of sp³-hybridized carbons (Fsp3) is 0.948. The monoisotopic (exact) mass is 1410 g/mol. The summed E-state index contributed by atoms with van der Waals surface area (Å²) in [5.41, 5.74) is 0. The minimum Gasteiger partial charge on any atom is -0.462 e. The molecule has 0 aliphatic heterocycles. The van der Waals surface area contributed by atoms with Crippen LogP contribution in [-0.4, -0.2) is 96.7 Å². The predicted octanol–water partition coefficient (Wildman–Crippen LogP) is 22.6. The Balaban J connectivity index is 5.27. The number of phosphoric ester groups is 2. The molecule has 0 amide bonds. The first-order valence-electron chi connectivity index (χ1n) is 39.9. The molecule has 17 nitrogen and oxygen atoms in total. The van der Waals surface area contributed by atoms with Crippen LogP contribution in [0, 0.1) is 17.8 Å². The Morgan fingerprint density at radius 1 is 0.302 bits per heavy atom. The van der Waals surface area contributed by atoms with Gasteiger partial charge in [0.05, 0.1) is 26.4 Å². The van der Waals surface area contributed by atoms with E-state index in [0.717, 1.165) is 108 Å². The maximum absolute atomic E-state index is 13.1. The van der Waals surface area contributed by atoms with E-state index in [0.29, 0.717) is 25.7 Å². The molecule has 3 N–H and O–H groups in total. The number of phosphoric acid groups is 2. The molecule has 0 bridgehead atoms. The van der Waals surface area contributed by atoms with Crippen molar-refractivity contribution >= 4 is 39.5 Å². The summed E-state index contributed by atoms with van der Waals surface area (Å²) in [7, 11) is -9.91. The second kappa shape index (κ2) is 67.5. The number of aliphatic hydroxyl groups is 1. The van der Waals surface area contributed by atoms with Crippen molar-refractivity contribution in [1.29, 1.82) is 0 Å². The highest BCUT2D eigenvalue weighted by molar-refractivity contribution is 7.47. The van der Waals surface area contributed by atoms with Gasteiger partial charge in [-0.15, -0.1) is 0 Å². The summed E-state index contributed by atoms with van der Waals surface area (Å²) in [5.74, 6) is 0.242. The lowest BCUT2D eigenvalue weighted by Gasteiger charge is -2.21. The molecule has 0 saturated heterocycles. The van der Waals surface area contributed by atoms with Crippen molar-refractivity contribution in [3.8, 4) is 0 Å². The van der Waals surface area contributed by atoms with Crippen LogP contribution in [0.25, 0.3) is 0 Å². The highest BCUT2D eigenvalue weighted by atomic mass is 31.2. The molecule has 0 fully saturated rings. The van der Waals surface area contributed by atoms with Crippen LogP contribution in [0.1, 0.15) is 395 Å². The number of hydrogen-bond acceptors (Lipinski definition) is 15. The zero-order chi connectivity index (χ0) is 70.9. The molecule has 96 heavy (non-hydrogen) atoms. The zero-order valence-corrected chi connectivity index (χ0v) is 64.6. The lowest BCUT2D eigenvalue weighted by Crippen LogP contribution is -2.30. The first kappa shape index (κ1) is 94.1. The Kier molecular flexibility index (Phi) is 66.2. The molecule has 0 rings (SSSR count). The second-order valence-electron chi connectivity index (χ2n) is 28.9. The van der Waals surface area contributed by atoms with Gasteiger partial charge in [0, 0.05) is 25.7 Å². The summed E-state index contributed by atoms with van der Waals surface area (Å²) in [6.07, 6.45) is 53.9. The summed E-state index contributed by atoms with van der Waals surface area (Å²) in [6.45, 7) is 12.0. The molecule has 0 aromatic carbocycles. The Morgan fingerprint density at radius 3 is 0.792 bits per heavy atom. The van der Waals surface area contributed by atoms with E-state index in [9.17, 15) is 43.2 Å². The van der Waals surface area contributed by atoms with E-state index in [4.69, 9.17) is 37.0 Å². The van der Waals surface area contributed by atoms with Crippen LogP contribution in [-0.2, 0) is 65.4 Å². The topological polar surface area (TPSA) is 237 Å². The average Bonchev–Trinajstić information content (AvgIpc) is 2.82. The van der Waals surface area contributed by atoms with Crippen LogP contribution in [0.4, 0.5) is 0 Å². The van der Waals surface area contributed by atoms with Crippen molar-refractivity contribution in [1.82, 2.24) is 0 Å². The molecular formula is C77H150O17P2. The Morgan fingerprint density at radius 2 is 0.531 bits per heavy atom. The number of ether oxygens (including phenoxy) is 4. The molecule has 0 aliphatic carbocycles. The molecule has 0 saturated carbocycles. The van der Waals surface area contributed by atoms with Crippen molar-refractivity contribution in [3.05, 3.63) is 0 Å². The van der Waals surface area contributed by atoms with Crippen LogP contribution in [0.3, 0.4) is 0 Å². The fourth-order valence-electron chi connectivity index (χ4n) is 11.7. The molecule has 570 valence electrons. The molecule has 0 aromatic heterocycles. The summed E-state index contributed by atoms with van der Waals surface area (Å²) < 4.78 is 68.6. The summed E-state index contributed by atoms with van der Waals surface area (Å²) in [4.78, 5) is 72.9. The van der Waals surface area contributed by atoms with Gasteiger partial charge in [0.2, 0.25) is 0 Å².